The Morgan fingerprint density at radius 1 is 1.42 bits per heavy atom. The molecule has 0 radical (unpaired) electrons. The summed E-state index contributed by atoms with van der Waals surface area (Å²) in [5.41, 5.74) is 6.19. The van der Waals surface area contributed by atoms with Gasteiger partial charge in [0.25, 0.3) is 0 Å². The normalized spacial score (nSPS) is 41.2. The van der Waals surface area contributed by atoms with Crippen LogP contribution in [0, 0.1) is 17.3 Å². The first-order valence-electron chi connectivity index (χ1n) is 4.86. The molecule has 72 valence electrons. The van der Waals surface area contributed by atoms with Gasteiger partial charge < -0.3 is 10.8 Å². The van der Waals surface area contributed by atoms with E-state index in [9.17, 15) is 5.11 Å². The topological polar surface area (TPSA) is 46.2 Å². The Labute approximate surface area is 75.2 Å². The van der Waals surface area contributed by atoms with Crippen molar-refractivity contribution in [3.63, 3.8) is 0 Å². The number of rotatable bonds is 1. The molecule has 0 heterocycles. The summed E-state index contributed by atoms with van der Waals surface area (Å²) in [4.78, 5) is 0. The van der Waals surface area contributed by atoms with Crippen LogP contribution in [0.4, 0.5) is 0 Å². The van der Waals surface area contributed by atoms with Gasteiger partial charge in [0.15, 0.2) is 0 Å². The molecule has 0 spiro atoms. The van der Waals surface area contributed by atoms with Crippen molar-refractivity contribution in [1.82, 2.24) is 0 Å². The second kappa shape index (κ2) is 3.35. The molecule has 1 rings (SSSR count). The van der Waals surface area contributed by atoms with Crippen LogP contribution in [0.2, 0.25) is 0 Å². The molecule has 1 aliphatic carbocycles. The number of hydrogen-bond donors (Lipinski definition) is 2. The smallest absolute Gasteiger partial charge is 0.0464 e. The van der Waals surface area contributed by atoms with E-state index in [2.05, 4.69) is 20.8 Å². The minimum atomic E-state index is 0.201. The van der Waals surface area contributed by atoms with Gasteiger partial charge in [-0.15, -0.1) is 0 Å². The van der Waals surface area contributed by atoms with Crippen molar-refractivity contribution in [3.8, 4) is 0 Å². The van der Waals surface area contributed by atoms with Gasteiger partial charge in [-0.25, -0.2) is 0 Å². The Hall–Kier alpha value is -0.0800. The molecular formula is C10H21NO. The van der Waals surface area contributed by atoms with E-state index in [4.69, 9.17) is 5.73 Å². The molecule has 0 aliphatic heterocycles. The molecule has 0 amide bonds. The van der Waals surface area contributed by atoms with Crippen LogP contribution in [0.1, 0.15) is 33.6 Å². The molecule has 0 saturated heterocycles. The Balaban J connectivity index is 2.73. The van der Waals surface area contributed by atoms with E-state index in [1.54, 1.807) is 0 Å². The molecule has 3 atom stereocenters. The van der Waals surface area contributed by atoms with E-state index in [-0.39, 0.29) is 5.41 Å². The van der Waals surface area contributed by atoms with Gasteiger partial charge in [-0.05, 0) is 30.1 Å². The molecule has 3 N–H and O–H groups in total. The van der Waals surface area contributed by atoms with Gasteiger partial charge in [0.2, 0.25) is 0 Å². The number of hydrogen-bond acceptors (Lipinski definition) is 2. The largest absolute Gasteiger partial charge is 0.396 e. The molecule has 0 bridgehead atoms. The van der Waals surface area contributed by atoms with Gasteiger partial charge in [0, 0.05) is 12.6 Å². The van der Waals surface area contributed by atoms with Gasteiger partial charge in [0.05, 0.1) is 0 Å². The molecule has 1 aliphatic rings. The molecule has 1 fully saturated rings. The van der Waals surface area contributed by atoms with Crippen LogP contribution in [-0.2, 0) is 0 Å². The van der Waals surface area contributed by atoms with Crippen LogP contribution in [0.25, 0.3) is 0 Å². The third kappa shape index (κ3) is 1.50. The highest BCUT2D eigenvalue weighted by Gasteiger charge is 2.40. The maximum Gasteiger partial charge on any atom is 0.0464 e. The average Bonchev–Trinajstić information content (AvgIpc) is 2.01. The minimum Gasteiger partial charge on any atom is -0.396 e. The zero-order valence-electron chi connectivity index (χ0n) is 8.38. The van der Waals surface area contributed by atoms with E-state index in [0.29, 0.717) is 24.5 Å². The minimum absolute atomic E-state index is 0.201. The summed E-state index contributed by atoms with van der Waals surface area (Å²) in [5, 5.41) is 9.19. The monoisotopic (exact) mass is 171 g/mol. The highest BCUT2D eigenvalue weighted by molar-refractivity contribution is 4.92. The zero-order chi connectivity index (χ0) is 9.35. The van der Waals surface area contributed by atoms with Crippen LogP contribution in [0.3, 0.4) is 0 Å². The van der Waals surface area contributed by atoms with Crippen molar-refractivity contribution < 1.29 is 5.11 Å². The fraction of sp³-hybridized carbons (Fsp3) is 1.00. The van der Waals surface area contributed by atoms with E-state index >= 15 is 0 Å². The summed E-state index contributed by atoms with van der Waals surface area (Å²) in [6, 6.07) is 0.322. The van der Waals surface area contributed by atoms with E-state index in [1.807, 2.05) is 0 Å². The summed E-state index contributed by atoms with van der Waals surface area (Å²) in [6.45, 7) is 6.95. The number of aliphatic hydroxyl groups excluding tert-OH is 1. The SMILES string of the molecule is C[C@H]1[C@H](N)CC[C@@H](CO)C1(C)C. The number of nitrogens with two attached hydrogens (primary N) is 1. The van der Waals surface area contributed by atoms with Crippen LogP contribution < -0.4 is 5.73 Å². The first-order valence-corrected chi connectivity index (χ1v) is 4.86. The molecule has 0 aromatic carbocycles. The second-order valence-electron chi connectivity index (χ2n) is 4.73. The highest BCUT2D eigenvalue weighted by Crippen LogP contribution is 2.43. The van der Waals surface area contributed by atoms with Gasteiger partial charge in [-0.2, -0.15) is 0 Å². The molecule has 12 heavy (non-hydrogen) atoms. The van der Waals surface area contributed by atoms with Crippen LogP contribution >= 0.6 is 0 Å². The lowest BCUT2D eigenvalue weighted by atomic mass is 9.61. The van der Waals surface area contributed by atoms with Crippen LogP contribution in [-0.4, -0.2) is 17.8 Å². The van der Waals surface area contributed by atoms with Crippen molar-refractivity contribution >= 4 is 0 Å². The molecule has 0 aromatic heterocycles. The standard InChI is InChI=1S/C10H21NO/c1-7-9(11)5-4-8(6-12)10(7,2)3/h7-9,12H,4-6,11H2,1-3H3/t7-,8-,9+/m0/s1. The van der Waals surface area contributed by atoms with Crippen molar-refractivity contribution in [3.05, 3.63) is 0 Å². The van der Waals surface area contributed by atoms with Gasteiger partial charge in [-0.1, -0.05) is 20.8 Å². The van der Waals surface area contributed by atoms with Crippen molar-refractivity contribution in [1.29, 1.82) is 0 Å². The summed E-state index contributed by atoms with van der Waals surface area (Å²) in [7, 11) is 0. The maximum absolute atomic E-state index is 9.19. The molecule has 0 aromatic rings. The highest BCUT2D eigenvalue weighted by atomic mass is 16.3. The van der Waals surface area contributed by atoms with Crippen molar-refractivity contribution in [2.24, 2.45) is 23.0 Å². The van der Waals surface area contributed by atoms with Gasteiger partial charge in [0.1, 0.15) is 0 Å². The first-order chi connectivity index (χ1) is 5.50. The van der Waals surface area contributed by atoms with E-state index < -0.39 is 0 Å². The van der Waals surface area contributed by atoms with Crippen LogP contribution in [0.15, 0.2) is 0 Å². The molecule has 2 nitrogen and oxygen atoms in total. The summed E-state index contributed by atoms with van der Waals surface area (Å²) < 4.78 is 0. The summed E-state index contributed by atoms with van der Waals surface area (Å²) in [6.07, 6.45) is 2.14. The average molecular weight is 171 g/mol. The third-order valence-corrected chi connectivity index (χ3v) is 3.94. The van der Waals surface area contributed by atoms with Crippen LogP contribution in [0.5, 0.6) is 0 Å². The Morgan fingerprint density at radius 2 is 2.00 bits per heavy atom. The maximum atomic E-state index is 9.19. The fourth-order valence-electron chi connectivity index (χ4n) is 2.27. The lowest BCUT2D eigenvalue weighted by molar-refractivity contribution is 0.0168. The molecule has 2 heteroatoms. The predicted octanol–water partition coefficient (Wildman–Crippen LogP) is 1.38. The van der Waals surface area contributed by atoms with E-state index in [0.717, 1.165) is 12.8 Å². The fourth-order valence-corrected chi connectivity index (χ4v) is 2.27. The quantitative estimate of drug-likeness (QED) is 0.626. The molecule has 0 unspecified atom stereocenters. The Kier molecular flexibility index (Phi) is 2.79. The predicted molar refractivity (Wildman–Crippen MR) is 50.7 cm³/mol. The lowest BCUT2D eigenvalue weighted by Crippen LogP contribution is -2.47. The summed E-state index contributed by atoms with van der Waals surface area (Å²) >= 11 is 0. The first kappa shape index (κ1) is 10.0. The Morgan fingerprint density at radius 3 is 2.50 bits per heavy atom. The molecular weight excluding hydrogens is 150 g/mol. The lowest BCUT2D eigenvalue weighted by Gasteiger charge is -2.46. The van der Waals surface area contributed by atoms with Crippen molar-refractivity contribution in [2.75, 3.05) is 6.61 Å². The van der Waals surface area contributed by atoms with E-state index in [1.165, 1.54) is 0 Å². The zero-order valence-corrected chi connectivity index (χ0v) is 8.38. The van der Waals surface area contributed by atoms with Gasteiger partial charge >= 0.3 is 0 Å². The molecule has 1 saturated carbocycles. The van der Waals surface area contributed by atoms with Gasteiger partial charge in [-0.3, -0.25) is 0 Å². The third-order valence-electron chi connectivity index (χ3n) is 3.94. The number of aliphatic hydroxyl groups is 1. The van der Waals surface area contributed by atoms with Crippen molar-refractivity contribution in [2.45, 2.75) is 39.7 Å². The Bertz CT molecular complexity index is 152. The summed E-state index contributed by atoms with van der Waals surface area (Å²) in [5.74, 6) is 0.954. The second-order valence-corrected chi connectivity index (χ2v) is 4.73.